The van der Waals surface area contributed by atoms with Crippen molar-refractivity contribution in [1.82, 2.24) is 5.32 Å². The van der Waals surface area contributed by atoms with Gasteiger partial charge in [-0.2, -0.15) is 0 Å². The van der Waals surface area contributed by atoms with E-state index in [9.17, 15) is 19.0 Å². The Balaban J connectivity index is 4.24. The molecule has 0 spiro atoms. The number of likely N-dealkylation sites (N-methyl/N-ethyl adjacent to an activating group) is 1. The van der Waals surface area contributed by atoms with Crippen LogP contribution in [0.15, 0.2) is 72.9 Å². The van der Waals surface area contributed by atoms with Gasteiger partial charge < -0.3 is 19.7 Å². The Morgan fingerprint density at radius 3 is 1.47 bits per heavy atom. The van der Waals surface area contributed by atoms with E-state index in [2.05, 4.69) is 92.1 Å². The molecule has 0 bridgehead atoms. The SMILES string of the molecule is CC/C=C\C/C=C\C/C=C\C/C=C\CCCCCCC(=O)OC(COC(=O)CCCCCCCCCCC/C=C\C/C=C\CCCCC)COP(=O)(O)OCCNC. The van der Waals surface area contributed by atoms with Crippen molar-refractivity contribution < 1.29 is 37.6 Å². The van der Waals surface area contributed by atoms with Gasteiger partial charge in [0.1, 0.15) is 6.61 Å². The first-order valence-electron chi connectivity index (χ1n) is 22.9. The summed E-state index contributed by atoms with van der Waals surface area (Å²) in [7, 11) is -2.67. The number of carbonyl (C=O) groups excluding carboxylic acids is 2. The number of carbonyl (C=O) groups is 2. The number of hydrogen-bond donors (Lipinski definition) is 2. The third-order valence-corrected chi connectivity index (χ3v) is 10.3. The Bertz CT molecular complexity index is 1180. The molecule has 0 aromatic carbocycles. The van der Waals surface area contributed by atoms with Crippen molar-refractivity contribution in [2.24, 2.45) is 0 Å². The topological polar surface area (TPSA) is 120 Å². The summed E-state index contributed by atoms with van der Waals surface area (Å²) >= 11 is 0. The molecule has 0 rings (SSSR count). The summed E-state index contributed by atoms with van der Waals surface area (Å²) in [6.45, 7) is 4.05. The summed E-state index contributed by atoms with van der Waals surface area (Å²) in [5.41, 5.74) is 0. The zero-order valence-electron chi connectivity index (χ0n) is 37.0. The van der Waals surface area contributed by atoms with Gasteiger partial charge in [-0.1, -0.05) is 157 Å². The van der Waals surface area contributed by atoms with Gasteiger partial charge >= 0.3 is 19.8 Å². The second kappa shape index (κ2) is 44.0. The largest absolute Gasteiger partial charge is 0.472 e. The van der Waals surface area contributed by atoms with Crippen molar-refractivity contribution in [2.75, 3.05) is 33.4 Å². The highest BCUT2D eigenvalue weighted by atomic mass is 31.2. The standard InChI is InChI=1S/C48H84NO8P/c1-4-6-8-10-12-14-16-18-20-22-23-25-26-28-30-32-34-36-38-40-47(50)54-44-46(45-56-58(52,53)55-43-42-49-3)57-48(51)41-39-37-35-33-31-29-27-24-21-19-17-15-13-11-9-7-5-2/h7,9,12-15,18-21,27,29,46,49H,4-6,8,10-11,16-17,22-26,28,30-45H2,1-3H3,(H,52,53)/b9-7-,14-12-,15-13-,20-18-,21-19-,29-27-. The number of allylic oxidation sites excluding steroid dienone is 12. The Kier molecular flexibility index (Phi) is 42.1. The first kappa shape index (κ1) is 55.5. The van der Waals surface area contributed by atoms with Gasteiger partial charge in [-0.25, -0.2) is 4.57 Å². The molecule has 0 aliphatic carbocycles. The molecule has 0 aliphatic rings. The zero-order chi connectivity index (χ0) is 42.5. The molecule has 9 nitrogen and oxygen atoms in total. The number of ether oxygens (including phenoxy) is 2. The van der Waals surface area contributed by atoms with Crippen LogP contribution < -0.4 is 5.32 Å². The van der Waals surface area contributed by atoms with Gasteiger partial charge in [0.2, 0.25) is 0 Å². The second-order valence-electron chi connectivity index (χ2n) is 14.8. The number of hydrogen-bond acceptors (Lipinski definition) is 8. The highest BCUT2D eigenvalue weighted by Gasteiger charge is 2.26. The summed E-state index contributed by atoms with van der Waals surface area (Å²) < 4.78 is 33.2. The van der Waals surface area contributed by atoms with Crippen molar-refractivity contribution in [2.45, 2.75) is 187 Å². The van der Waals surface area contributed by atoms with E-state index in [0.717, 1.165) is 89.9 Å². The summed E-state index contributed by atoms with van der Waals surface area (Å²) in [6.07, 6.45) is 52.3. The van der Waals surface area contributed by atoms with Crippen molar-refractivity contribution in [3.63, 3.8) is 0 Å². The van der Waals surface area contributed by atoms with Gasteiger partial charge in [0.05, 0.1) is 13.2 Å². The fourth-order valence-corrected chi connectivity index (χ4v) is 6.62. The van der Waals surface area contributed by atoms with E-state index in [1.54, 1.807) is 7.05 Å². The van der Waals surface area contributed by atoms with Crippen LogP contribution in [0.25, 0.3) is 0 Å². The van der Waals surface area contributed by atoms with E-state index in [1.807, 2.05) is 0 Å². The van der Waals surface area contributed by atoms with Crippen molar-refractivity contribution in [3.8, 4) is 0 Å². The molecule has 2 unspecified atom stereocenters. The Labute approximate surface area is 354 Å². The highest BCUT2D eigenvalue weighted by molar-refractivity contribution is 7.47. The molecule has 334 valence electrons. The van der Waals surface area contributed by atoms with Crippen LogP contribution in [0, 0.1) is 0 Å². The number of esters is 2. The minimum Gasteiger partial charge on any atom is -0.462 e. The van der Waals surface area contributed by atoms with Crippen LogP contribution in [-0.4, -0.2) is 56.3 Å². The summed E-state index contributed by atoms with van der Waals surface area (Å²) in [4.78, 5) is 35.1. The van der Waals surface area contributed by atoms with Crippen LogP contribution in [0.4, 0.5) is 0 Å². The molecule has 0 heterocycles. The first-order valence-corrected chi connectivity index (χ1v) is 24.4. The molecular formula is C48H84NO8P. The molecular weight excluding hydrogens is 750 g/mol. The average Bonchev–Trinajstić information content (AvgIpc) is 3.21. The van der Waals surface area contributed by atoms with Crippen LogP contribution in [0.5, 0.6) is 0 Å². The van der Waals surface area contributed by atoms with Gasteiger partial charge in [-0.05, 0) is 90.5 Å². The Hall–Kier alpha value is -2.55. The average molecular weight is 834 g/mol. The van der Waals surface area contributed by atoms with Crippen LogP contribution in [0.1, 0.15) is 181 Å². The van der Waals surface area contributed by atoms with Gasteiger partial charge in [-0.15, -0.1) is 0 Å². The summed E-state index contributed by atoms with van der Waals surface area (Å²) in [5.74, 6) is -0.843. The fraction of sp³-hybridized carbons (Fsp3) is 0.708. The molecule has 10 heteroatoms. The minimum absolute atomic E-state index is 0.0262. The maximum Gasteiger partial charge on any atom is 0.472 e. The monoisotopic (exact) mass is 834 g/mol. The molecule has 0 aromatic heterocycles. The van der Waals surface area contributed by atoms with Crippen molar-refractivity contribution in [3.05, 3.63) is 72.9 Å². The molecule has 0 aromatic rings. The predicted octanol–water partition coefficient (Wildman–Crippen LogP) is 13.3. The quantitative estimate of drug-likeness (QED) is 0.0268. The lowest BCUT2D eigenvalue weighted by molar-refractivity contribution is -0.161. The van der Waals surface area contributed by atoms with Gasteiger partial charge in [-0.3, -0.25) is 18.6 Å². The second-order valence-corrected chi connectivity index (χ2v) is 16.3. The van der Waals surface area contributed by atoms with Gasteiger partial charge in [0, 0.05) is 19.4 Å². The normalized spacial score (nSPS) is 13.9. The van der Waals surface area contributed by atoms with E-state index in [4.69, 9.17) is 18.5 Å². The maximum atomic E-state index is 12.6. The fourth-order valence-electron chi connectivity index (χ4n) is 5.87. The Morgan fingerprint density at radius 1 is 0.552 bits per heavy atom. The van der Waals surface area contributed by atoms with Crippen molar-refractivity contribution >= 4 is 19.8 Å². The molecule has 0 saturated carbocycles. The first-order chi connectivity index (χ1) is 28.3. The van der Waals surface area contributed by atoms with Crippen LogP contribution in [0.2, 0.25) is 0 Å². The third kappa shape index (κ3) is 43.0. The lowest BCUT2D eigenvalue weighted by Crippen LogP contribution is -2.29. The van der Waals surface area contributed by atoms with E-state index >= 15 is 0 Å². The van der Waals surface area contributed by atoms with E-state index in [0.29, 0.717) is 13.0 Å². The molecule has 0 amide bonds. The predicted molar refractivity (Wildman–Crippen MR) is 243 cm³/mol. The molecule has 0 saturated heterocycles. The van der Waals surface area contributed by atoms with Gasteiger partial charge in [0.15, 0.2) is 6.10 Å². The summed E-state index contributed by atoms with van der Waals surface area (Å²) in [5, 5.41) is 2.82. The van der Waals surface area contributed by atoms with Crippen LogP contribution in [0.3, 0.4) is 0 Å². The minimum atomic E-state index is -4.36. The van der Waals surface area contributed by atoms with Gasteiger partial charge in [0.25, 0.3) is 0 Å². The number of nitrogens with one attached hydrogen (secondary N) is 1. The molecule has 2 N–H and O–H groups in total. The Morgan fingerprint density at radius 2 is 0.983 bits per heavy atom. The van der Waals surface area contributed by atoms with E-state index in [-0.39, 0.29) is 32.0 Å². The van der Waals surface area contributed by atoms with Crippen LogP contribution >= 0.6 is 7.82 Å². The highest BCUT2D eigenvalue weighted by Crippen LogP contribution is 2.43. The molecule has 2 atom stereocenters. The summed E-state index contributed by atoms with van der Waals surface area (Å²) in [6, 6.07) is 0. The number of rotatable bonds is 42. The van der Waals surface area contributed by atoms with E-state index in [1.165, 1.54) is 57.8 Å². The molecule has 0 fully saturated rings. The number of unbranched alkanes of at least 4 members (excludes halogenated alkanes) is 16. The van der Waals surface area contributed by atoms with Crippen molar-refractivity contribution in [1.29, 1.82) is 0 Å². The molecule has 0 radical (unpaired) electrons. The third-order valence-electron chi connectivity index (χ3n) is 9.31. The van der Waals surface area contributed by atoms with Crippen LogP contribution in [-0.2, 0) is 32.7 Å². The smallest absolute Gasteiger partial charge is 0.462 e. The lowest BCUT2D eigenvalue weighted by Gasteiger charge is -2.20. The maximum absolute atomic E-state index is 12.6. The zero-order valence-corrected chi connectivity index (χ0v) is 37.9. The number of phosphoric acid groups is 1. The van der Waals surface area contributed by atoms with E-state index < -0.39 is 26.5 Å². The number of phosphoric ester groups is 1. The molecule has 0 aliphatic heterocycles. The molecule has 58 heavy (non-hydrogen) atoms. The lowest BCUT2D eigenvalue weighted by atomic mass is 10.1.